The molecule has 0 aliphatic heterocycles. The summed E-state index contributed by atoms with van der Waals surface area (Å²) in [5, 5.41) is 9.62. The standard InChI is InChI=1S/C16H24O4/c1-9(2)11-5-6-16(4)10(3)13(15(18)19)14(11)12(16)7-20-8-17/h8-9,11-12,14H,5-7H2,1-4H3,(H,18,19)/t11-,12+,14+,16+/m1/s1. The molecule has 0 aromatic carbocycles. The SMILES string of the molecule is CC1=C(C(=O)O)[C@H]2[C@@H](C(C)C)CC[C@]1(C)[C@H]2COC=O. The summed E-state index contributed by atoms with van der Waals surface area (Å²) in [6.45, 7) is 9.16. The van der Waals surface area contributed by atoms with Crippen molar-refractivity contribution in [2.24, 2.45) is 29.1 Å². The zero-order valence-corrected chi connectivity index (χ0v) is 12.7. The number of hydrogen-bond donors (Lipinski definition) is 1. The Hall–Kier alpha value is -1.32. The van der Waals surface area contributed by atoms with Gasteiger partial charge in [-0.2, -0.15) is 0 Å². The molecule has 0 saturated heterocycles. The van der Waals surface area contributed by atoms with Crippen molar-refractivity contribution in [1.29, 1.82) is 0 Å². The van der Waals surface area contributed by atoms with Gasteiger partial charge >= 0.3 is 5.97 Å². The molecule has 0 spiro atoms. The average molecular weight is 280 g/mol. The Bertz CT molecular complexity index is 451. The highest BCUT2D eigenvalue weighted by Crippen LogP contribution is 2.61. The van der Waals surface area contributed by atoms with Crippen molar-refractivity contribution in [3.8, 4) is 0 Å². The van der Waals surface area contributed by atoms with Crippen LogP contribution in [0.5, 0.6) is 0 Å². The van der Waals surface area contributed by atoms with E-state index in [4.69, 9.17) is 4.74 Å². The fourth-order valence-electron chi connectivity index (χ4n) is 4.45. The maximum absolute atomic E-state index is 11.7. The van der Waals surface area contributed by atoms with Crippen LogP contribution >= 0.6 is 0 Å². The van der Waals surface area contributed by atoms with E-state index >= 15 is 0 Å². The molecule has 0 amide bonds. The first kappa shape index (κ1) is 15.1. The van der Waals surface area contributed by atoms with E-state index in [0.717, 1.165) is 18.4 Å². The van der Waals surface area contributed by atoms with Gasteiger partial charge in [0.05, 0.1) is 6.61 Å². The van der Waals surface area contributed by atoms with Crippen molar-refractivity contribution in [1.82, 2.24) is 0 Å². The van der Waals surface area contributed by atoms with E-state index in [9.17, 15) is 14.7 Å². The van der Waals surface area contributed by atoms with Gasteiger partial charge in [0.25, 0.3) is 6.47 Å². The quantitative estimate of drug-likeness (QED) is 0.786. The van der Waals surface area contributed by atoms with E-state index < -0.39 is 5.97 Å². The Morgan fingerprint density at radius 1 is 1.55 bits per heavy atom. The molecular weight excluding hydrogens is 256 g/mol. The van der Waals surface area contributed by atoms with Gasteiger partial charge in [-0.15, -0.1) is 0 Å². The molecule has 0 aromatic rings. The lowest BCUT2D eigenvalue weighted by Crippen LogP contribution is -2.41. The highest BCUT2D eigenvalue weighted by molar-refractivity contribution is 5.89. The van der Waals surface area contributed by atoms with Crippen LogP contribution in [0, 0.1) is 29.1 Å². The lowest BCUT2D eigenvalue weighted by molar-refractivity contribution is -0.134. The summed E-state index contributed by atoms with van der Waals surface area (Å²) in [6, 6.07) is 0. The molecule has 2 bridgehead atoms. The number of carboxylic acid groups (broad SMARTS) is 1. The van der Waals surface area contributed by atoms with Crippen molar-refractivity contribution in [3.05, 3.63) is 11.1 Å². The maximum atomic E-state index is 11.7. The summed E-state index contributed by atoms with van der Waals surface area (Å²) in [6.07, 6.45) is 2.02. The molecule has 112 valence electrons. The monoisotopic (exact) mass is 280 g/mol. The number of carboxylic acids is 1. The normalized spacial score (nSPS) is 36.4. The third-order valence-electron chi connectivity index (χ3n) is 5.73. The van der Waals surface area contributed by atoms with Gasteiger partial charge in [0.2, 0.25) is 0 Å². The van der Waals surface area contributed by atoms with Crippen LogP contribution in [0.4, 0.5) is 0 Å². The van der Waals surface area contributed by atoms with Crippen molar-refractivity contribution in [3.63, 3.8) is 0 Å². The van der Waals surface area contributed by atoms with E-state index in [2.05, 4.69) is 20.8 Å². The molecular formula is C16H24O4. The number of rotatable bonds is 5. The number of hydrogen-bond acceptors (Lipinski definition) is 3. The van der Waals surface area contributed by atoms with Gasteiger partial charge in [0, 0.05) is 17.4 Å². The summed E-state index contributed by atoms with van der Waals surface area (Å²) in [7, 11) is 0. The van der Waals surface area contributed by atoms with Crippen LogP contribution in [-0.4, -0.2) is 24.2 Å². The predicted molar refractivity (Wildman–Crippen MR) is 75.0 cm³/mol. The van der Waals surface area contributed by atoms with Crippen LogP contribution in [0.1, 0.15) is 40.5 Å². The molecule has 2 aliphatic rings. The number of aliphatic carboxylic acids is 1. The third-order valence-corrected chi connectivity index (χ3v) is 5.73. The summed E-state index contributed by atoms with van der Waals surface area (Å²) >= 11 is 0. The van der Waals surface area contributed by atoms with Gasteiger partial charge in [0.1, 0.15) is 0 Å². The lowest BCUT2D eigenvalue weighted by atomic mass is 9.60. The Balaban J connectivity index is 2.46. The minimum absolute atomic E-state index is 0.00574. The largest absolute Gasteiger partial charge is 0.478 e. The average Bonchev–Trinajstić information content (AvgIpc) is 2.49. The summed E-state index contributed by atoms with van der Waals surface area (Å²) < 4.78 is 5.02. The van der Waals surface area contributed by atoms with Crippen LogP contribution in [0.3, 0.4) is 0 Å². The first-order valence-corrected chi connectivity index (χ1v) is 7.34. The van der Waals surface area contributed by atoms with Gasteiger partial charge in [-0.25, -0.2) is 4.79 Å². The molecule has 0 radical (unpaired) electrons. The second kappa shape index (κ2) is 5.23. The molecule has 2 aliphatic carbocycles. The topological polar surface area (TPSA) is 63.6 Å². The molecule has 1 saturated carbocycles. The van der Waals surface area contributed by atoms with E-state index in [0.29, 0.717) is 30.5 Å². The van der Waals surface area contributed by atoms with E-state index in [1.54, 1.807) is 0 Å². The highest BCUT2D eigenvalue weighted by Gasteiger charge is 2.56. The van der Waals surface area contributed by atoms with Gasteiger partial charge < -0.3 is 9.84 Å². The van der Waals surface area contributed by atoms with Crippen LogP contribution in [0.2, 0.25) is 0 Å². The number of carbonyl (C=O) groups is 2. The van der Waals surface area contributed by atoms with Crippen LogP contribution in [0.25, 0.3) is 0 Å². The molecule has 1 N–H and O–H groups in total. The minimum atomic E-state index is -0.806. The van der Waals surface area contributed by atoms with Crippen molar-refractivity contribution in [2.75, 3.05) is 6.61 Å². The zero-order valence-electron chi connectivity index (χ0n) is 12.7. The predicted octanol–water partition coefficient (Wildman–Crippen LogP) is 2.88. The van der Waals surface area contributed by atoms with E-state index in [1.807, 2.05) is 6.92 Å². The molecule has 20 heavy (non-hydrogen) atoms. The maximum Gasteiger partial charge on any atom is 0.331 e. The number of ether oxygens (including phenoxy) is 1. The fraction of sp³-hybridized carbons (Fsp3) is 0.750. The number of fused-ring (bicyclic) bond motifs is 2. The third kappa shape index (κ3) is 2.05. The first-order valence-electron chi connectivity index (χ1n) is 7.34. The minimum Gasteiger partial charge on any atom is -0.478 e. The molecule has 0 unspecified atom stereocenters. The summed E-state index contributed by atoms with van der Waals surface area (Å²) in [5.41, 5.74) is 1.41. The van der Waals surface area contributed by atoms with Gasteiger partial charge in [-0.3, -0.25) is 4.79 Å². The Morgan fingerprint density at radius 2 is 2.20 bits per heavy atom. The second-order valence-corrected chi connectivity index (χ2v) is 6.77. The van der Waals surface area contributed by atoms with Crippen LogP contribution in [-0.2, 0) is 14.3 Å². The van der Waals surface area contributed by atoms with Crippen LogP contribution < -0.4 is 0 Å². The Morgan fingerprint density at radius 3 is 2.70 bits per heavy atom. The molecule has 4 nitrogen and oxygen atoms in total. The van der Waals surface area contributed by atoms with Crippen LogP contribution in [0.15, 0.2) is 11.1 Å². The van der Waals surface area contributed by atoms with Gasteiger partial charge in [-0.1, -0.05) is 26.3 Å². The van der Waals surface area contributed by atoms with Crippen molar-refractivity contribution in [2.45, 2.75) is 40.5 Å². The summed E-state index contributed by atoms with van der Waals surface area (Å²) in [4.78, 5) is 22.3. The van der Waals surface area contributed by atoms with Crippen molar-refractivity contribution < 1.29 is 19.4 Å². The Kier molecular flexibility index (Phi) is 3.94. The number of allylic oxidation sites excluding steroid dienone is 1. The Labute approximate surface area is 120 Å². The molecule has 1 fully saturated rings. The first-order chi connectivity index (χ1) is 9.34. The van der Waals surface area contributed by atoms with Gasteiger partial charge in [-0.05, 0) is 37.0 Å². The summed E-state index contributed by atoms with van der Waals surface area (Å²) in [5.74, 6) is 0.0847. The second-order valence-electron chi connectivity index (χ2n) is 6.77. The highest BCUT2D eigenvalue weighted by atomic mass is 16.5. The lowest BCUT2D eigenvalue weighted by Gasteiger charge is -2.45. The fourth-order valence-corrected chi connectivity index (χ4v) is 4.45. The molecule has 2 rings (SSSR count). The molecule has 4 atom stereocenters. The molecule has 0 aromatic heterocycles. The smallest absolute Gasteiger partial charge is 0.331 e. The van der Waals surface area contributed by atoms with Crippen molar-refractivity contribution >= 4 is 12.4 Å². The molecule has 4 heteroatoms. The molecule has 0 heterocycles. The number of carbonyl (C=O) groups excluding carboxylic acids is 1. The van der Waals surface area contributed by atoms with Gasteiger partial charge in [0.15, 0.2) is 0 Å². The zero-order chi connectivity index (χ0) is 15.1. The van der Waals surface area contributed by atoms with E-state index in [-0.39, 0.29) is 17.3 Å². The van der Waals surface area contributed by atoms with E-state index in [1.165, 1.54) is 0 Å².